The summed E-state index contributed by atoms with van der Waals surface area (Å²) in [5, 5.41) is 7.13. The van der Waals surface area contributed by atoms with Crippen molar-refractivity contribution in [2.24, 2.45) is 0 Å². The van der Waals surface area contributed by atoms with Gasteiger partial charge in [0.05, 0.1) is 0 Å². The van der Waals surface area contributed by atoms with Gasteiger partial charge in [0.25, 0.3) is 11.5 Å². The van der Waals surface area contributed by atoms with E-state index in [1.165, 1.54) is 10.6 Å². The molecule has 27 heavy (non-hydrogen) atoms. The number of H-pyrrole nitrogens is 1. The number of aryl methyl sites for hydroxylation is 1. The largest absolute Gasteiger partial charge is 0.360 e. The molecule has 140 valence electrons. The van der Waals surface area contributed by atoms with E-state index < -0.39 is 0 Å². The number of aromatic nitrogens is 4. The van der Waals surface area contributed by atoms with Crippen molar-refractivity contribution in [3.05, 3.63) is 51.4 Å². The second kappa shape index (κ2) is 6.07. The minimum Gasteiger partial charge on any atom is -0.360 e. The summed E-state index contributed by atoms with van der Waals surface area (Å²) in [6.07, 6.45) is 4.08. The van der Waals surface area contributed by atoms with Crippen LogP contribution in [0, 0.1) is 6.92 Å². The predicted octanol–water partition coefficient (Wildman–Crippen LogP) is 2.22. The van der Waals surface area contributed by atoms with Gasteiger partial charge in [0.1, 0.15) is 5.76 Å². The molecule has 0 radical (unpaired) electrons. The molecular formula is C19H21N5O3. The number of amides is 1. The molecule has 1 N–H and O–H groups in total. The van der Waals surface area contributed by atoms with E-state index in [0.29, 0.717) is 36.0 Å². The van der Waals surface area contributed by atoms with Crippen LogP contribution in [0.5, 0.6) is 0 Å². The van der Waals surface area contributed by atoms with Crippen LogP contribution in [0.15, 0.2) is 27.5 Å². The van der Waals surface area contributed by atoms with Crippen molar-refractivity contribution < 1.29 is 9.32 Å². The zero-order chi connectivity index (χ0) is 18.5. The van der Waals surface area contributed by atoms with Gasteiger partial charge in [-0.3, -0.25) is 14.7 Å². The molecule has 2 fully saturated rings. The summed E-state index contributed by atoms with van der Waals surface area (Å²) >= 11 is 0. The molecule has 1 aliphatic carbocycles. The molecule has 1 saturated heterocycles. The fourth-order valence-electron chi connectivity index (χ4n) is 3.87. The Morgan fingerprint density at radius 2 is 2.07 bits per heavy atom. The molecule has 8 nitrogen and oxygen atoms in total. The van der Waals surface area contributed by atoms with Crippen molar-refractivity contribution in [1.82, 2.24) is 24.7 Å². The van der Waals surface area contributed by atoms with Crippen molar-refractivity contribution in [2.45, 2.75) is 44.4 Å². The summed E-state index contributed by atoms with van der Waals surface area (Å²) in [4.78, 5) is 31.2. The van der Waals surface area contributed by atoms with Crippen LogP contribution < -0.4 is 5.56 Å². The SMILES string of the molecule is Cc1cc(=O)n2[nH]c([C@H]3CCCN(C(=O)c4cc(C5CC5)on4)C3)cc2n1. The summed E-state index contributed by atoms with van der Waals surface area (Å²) in [5.74, 6) is 1.31. The van der Waals surface area contributed by atoms with E-state index in [9.17, 15) is 9.59 Å². The third-order valence-corrected chi connectivity index (χ3v) is 5.47. The standard InChI is InChI=1S/C19H21N5O3/c1-11-7-18(25)24-17(20-11)9-14(21-24)13-3-2-6-23(10-13)19(26)15-8-16(27-22-15)12-4-5-12/h7-9,12-13,21H,2-6,10H2,1H3/t13-/m0/s1. The Labute approximate surface area is 155 Å². The fourth-order valence-corrected chi connectivity index (χ4v) is 3.87. The lowest BCUT2D eigenvalue weighted by Crippen LogP contribution is -2.39. The molecule has 3 aromatic rings. The van der Waals surface area contributed by atoms with E-state index in [4.69, 9.17) is 4.52 Å². The third kappa shape index (κ3) is 2.94. The molecule has 1 aliphatic heterocycles. The first kappa shape index (κ1) is 16.3. The molecule has 1 saturated carbocycles. The Kier molecular flexibility index (Phi) is 3.66. The second-order valence-corrected chi connectivity index (χ2v) is 7.62. The van der Waals surface area contributed by atoms with Gasteiger partial charge in [-0.25, -0.2) is 9.50 Å². The lowest BCUT2D eigenvalue weighted by atomic mass is 9.94. The van der Waals surface area contributed by atoms with Gasteiger partial charge in [-0.05, 0) is 32.6 Å². The number of piperidine rings is 1. The number of rotatable bonds is 3. The van der Waals surface area contributed by atoms with E-state index in [-0.39, 0.29) is 17.4 Å². The van der Waals surface area contributed by atoms with Gasteiger partial charge in [0.15, 0.2) is 11.3 Å². The van der Waals surface area contributed by atoms with Crippen LogP contribution in [0.4, 0.5) is 0 Å². The van der Waals surface area contributed by atoms with Gasteiger partial charge in [-0.15, -0.1) is 0 Å². The Bertz CT molecular complexity index is 1070. The lowest BCUT2D eigenvalue weighted by molar-refractivity contribution is 0.0695. The van der Waals surface area contributed by atoms with Crippen molar-refractivity contribution in [1.29, 1.82) is 0 Å². The van der Waals surface area contributed by atoms with Crippen molar-refractivity contribution in [3.63, 3.8) is 0 Å². The first-order chi connectivity index (χ1) is 13.1. The topological polar surface area (TPSA) is 96.5 Å². The number of fused-ring (bicyclic) bond motifs is 1. The van der Waals surface area contributed by atoms with E-state index in [0.717, 1.165) is 37.1 Å². The maximum absolute atomic E-state index is 12.8. The number of nitrogens with one attached hydrogen (secondary N) is 1. The van der Waals surface area contributed by atoms with E-state index in [2.05, 4.69) is 15.2 Å². The van der Waals surface area contributed by atoms with Crippen LogP contribution in [0.3, 0.4) is 0 Å². The van der Waals surface area contributed by atoms with E-state index >= 15 is 0 Å². The number of hydrogen-bond donors (Lipinski definition) is 1. The van der Waals surface area contributed by atoms with Crippen molar-refractivity contribution in [2.75, 3.05) is 13.1 Å². The summed E-state index contributed by atoms with van der Waals surface area (Å²) in [7, 11) is 0. The highest BCUT2D eigenvalue weighted by Crippen LogP contribution is 2.40. The number of carbonyl (C=O) groups is 1. The maximum Gasteiger partial charge on any atom is 0.276 e. The van der Waals surface area contributed by atoms with Crippen LogP contribution >= 0.6 is 0 Å². The zero-order valence-corrected chi connectivity index (χ0v) is 15.1. The minimum absolute atomic E-state index is 0.0856. The van der Waals surface area contributed by atoms with Crippen LogP contribution in [0.2, 0.25) is 0 Å². The van der Waals surface area contributed by atoms with Crippen molar-refractivity contribution in [3.8, 4) is 0 Å². The molecule has 0 spiro atoms. The molecule has 1 amide bonds. The average molecular weight is 367 g/mol. The molecule has 2 aliphatic rings. The molecule has 5 rings (SSSR count). The second-order valence-electron chi connectivity index (χ2n) is 7.62. The first-order valence-electron chi connectivity index (χ1n) is 9.44. The summed E-state index contributed by atoms with van der Waals surface area (Å²) in [6, 6.07) is 5.21. The summed E-state index contributed by atoms with van der Waals surface area (Å²) in [5.41, 5.74) is 2.51. The molecular weight excluding hydrogens is 346 g/mol. The first-order valence-corrected chi connectivity index (χ1v) is 9.44. The highest BCUT2D eigenvalue weighted by molar-refractivity contribution is 5.92. The highest BCUT2D eigenvalue weighted by Gasteiger charge is 2.32. The smallest absolute Gasteiger partial charge is 0.276 e. The molecule has 0 bridgehead atoms. The van der Waals surface area contributed by atoms with Crippen LogP contribution in [0.25, 0.3) is 5.65 Å². The Hall–Kier alpha value is -2.90. The summed E-state index contributed by atoms with van der Waals surface area (Å²) in [6.45, 7) is 3.10. The number of aromatic amines is 1. The normalized spacial score (nSPS) is 20.3. The third-order valence-electron chi connectivity index (χ3n) is 5.47. The van der Waals surface area contributed by atoms with Crippen LogP contribution in [-0.2, 0) is 0 Å². The Balaban J connectivity index is 1.37. The van der Waals surface area contributed by atoms with Gasteiger partial charge < -0.3 is 9.42 Å². The van der Waals surface area contributed by atoms with Gasteiger partial charge in [0, 0.05) is 54.5 Å². The molecule has 3 aromatic heterocycles. The van der Waals surface area contributed by atoms with Crippen LogP contribution in [-0.4, -0.2) is 43.7 Å². The summed E-state index contributed by atoms with van der Waals surface area (Å²) < 4.78 is 6.79. The number of hydrogen-bond acceptors (Lipinski definition) is 5. The number of carbonyl (C=O) groups excluding carboxylic acids is 1. The molecule has 4 heterocycles. The molecule has 8 heteroatoms. The average Bonchev–Trinajstić information content (AvgIpc) is 3.23. The number of nitrogens with zero attached hydrogens (tertiary/aromatic N) is 4. The number of likely N-dealkylation sites (tertiary alicyclic amines) is 1. The van der Waals surface area contributed by atoms with E-state index in [1.54, 1.807) is 6.07 Å². The Morgan fingerprint density at radius 1 is 1.22 bits per heavy atom. The van der Waals surface area contributed by atoms with Crippen LogP contribution in [0.1, 0.15) is 65.2 Å². The van der Waals surface area contributed by atoms with Crippen molar-refractivity contribution >= 4 is 11.6 Å². The molecule has 0 aromatic carbocycles. The Morgan fingerprint density at radius 3 is 2.89 bits per heavy atom. The zero-order valence-electron chi connectivity index (χ0n) is 15.1. The lowest BCUT2D eigenvalue weighted by Gasteiger charge is -2.31. The van der Waals surface area contributed by atoms with Gasteiger partial charge >= 0.3 is 0 Å². The fraction of sp³-hybridized carbons (Fsp3) is 0.474. The quantitative estimate of drug-likeness (QED) is 0.766. The maximum atomic E-state index is 12.8. The monoisotopic (exact) mass is 367 g/mol. The molecule has 0 unspecified atom stereocenters. The molecule has 1 atom stereocenters. The van der Waals surface area contributed by atoms with Gasteiger partial charge in [-0.1, -0.05) is 5.16 Å². The minimum atomic E-state index is -0.123. The van der Waals surface area contributed by atoms with E-state index in [1.807, 2.05) is 17.9 Å². The van der Waals surface area contributed by atoms with Gasteiger partial charge in [-0.2, -0.15) is 0 Å². The predicted molar refractivity (Wildman–Crippen MR) is 96.9 cm³/mol. The highest BCUT2D eigenvalue weighted by atomic mass is 16.5. The van der Waals surface area contributed by atoms with Gasteiger partial charge in [0.2, 0.25) is 0 Å².